The Hall–Kier alpha value is -1.95. The van der Waals surface area contributed by atoms with Crippen LogP contribution in [-0.4, -0.2) is 17.4 Å². The number of hydrogen-bond donors (Lipinski definition) is 1. The van der Waals surface area contributed by atoms with Crippen molar-refractivity contribution in [1.82, 2.24) is 5.32 Å². The highest BCUT2D eigenvalue weighted by atomic mass is 16.6. The Balaban J connectivity index is 2.80. The standard InChI is InChI=1S/C13H18N2O4/c1-3-5-12(16)14-13(19-4-2)10-6-8-11(9-7-10)15(17)18/h6-9,13H,3-5H2,1-2H3,(H,14,16). The molecule has 6 nitrogen and oxygen atoms in total. The average molecular weight is 266 g/mol. The van der Waals surface area contributed by atoms with Crippen LogP contribution >= 0.6 is 0 Å². The molecular formula is C13H18N2O4. The maximum absolute atomic E-state index is 11.6. The zero-order valence-electron chi connectivity index (χ0n) is 11.1. The average Bonchev–Trinajstić information content (AvgIpc) is 2.38. The van der Waals surface area contributed by atoms with Crippen molar-refractivity contribution in [2.75, 3.05) is 6.61 Å². The minimum Gasteiger partial charge on any atom is -0.354 e. The van der Waals surface area contributed by atoms with Crippen molar-refractivity contribution < 1.29 is 14.5 Å². The highest BCUT2D eigenvalue weighted by Gasteiger charge is 2.15. The highest BCUT2D eigenvalue weighted by molar-refractivity contribution is 5.76. The molecule has 1 aromatic rings. The monoisotopic (exact) mass is 266 g/mol. The number of amides is 1. The summed E-state index contributed by atoms with van der Waals surface area (Å²) in [5.74, 6) is -0.0979. The third-order valence-corrected chi connectivity index (χ3v) is 2.51. The molecule has 19 heavy (non-hydrogen) atoms. The number of ether oxygens (including phenoxy) is 1. The van der Waals surface area contributed by atoms with Gasteiger partial charge in [0.05, 0.1) is 4.92 Å². The van der Waals surface area contributed by atoms with Crippen molar-refractivity contribution in [3.8, 4) is 0 Å². The van der Waals surface area contributed by atoms with Crippen LogP contribution in [0.4, 0.5) is 5.69 Å². The fraction of sp³-hybridized carbons (Fsp3) is 0.462. The zero-order chi connectivity index (χ0) is 14.3. The summed E-state index contributed by atoms with van der Waals surface area (Å²) < 4.78 is 5.44. The number of rotatable bonds is 7. The van der Waals surface area contributed by atoms with E-state index in [4.69, 9.17) is 4.74 Å². The number of nitrogens with zero attached hydrogens (tertiary/aromatic N) is 1. The first kappa shape index (κ1) is 15.1. The predicted octanol–water partition coefficient (Wildman–Crippen LogP) is 2.55. The largest absolute Gasteiger partial charge is 0.354 e. The van der Waals surface area contributed by atoms with Gasteiger partial charge in [-0.05, 0) is 25.5 Å². The van der Waals surface area contributed by atoms with Gasteiger partial charge in [-0.15, -0.1) is 0 Å². The number of nitro benzene ring substituents is 1. The first-order valence-electron chi connectivity index (χ1n) is 6.23. The van der Waals surface area contributed by atoms with Gasteiger partial charge in [0, 0.05) is 30.7 Å². The molecule has 1 N–H and O–H groups in total. The van der Waals surface area contributed by atoms with Gasteiger partial charge in [-0.3, -0.25) is 14.9 Å². The van der Waals surface area contributed by atoms with Crippen LogP contribution in [0.2, 0.25) is 0 Å². The molecule has 6 heteroatoms. The lowest BCUT2D eigenvalue weighted by atomic mass is 10.1. The van der Waals surface area contributed by atoms with Crippen LogP contribution in [0.25, 0.3) is 0 Å². The lowest BCUT2D eigenvalue weighted by Crippen LogP contribution is -2.30. The Bertz CT molecular complexity index is 431. The number of carbonyl (C=O) groups excluding carboxylic acids is 1. The lowest BCUT2D eigenvalue weighted by molar-refractivity contribution is -0.384. The third kappa shape index (κ3) is 4.67. The van der Waals surface area contributed by atoms with E-state index in [1.165, 1.54) is 12.1 Å². The second-order valence-electron chi connectivity index (χ2n) is 4.00. The second-order valence-corrected chi connectivity index (χ2v) is 4.00. The summed E-state index contributed by atoms with van der Waals surface area (Å²) in [7, 11) is 0. The van der Waals surface area contributed by atoms with E-state index in [0.717, 1.165) is 6.42 Å². The van der Waals surface area contributed by atoms with E-state index in [0.29, 0.717) is 18.6 Å². The van der Waals surface area contributed by atoms with Crippen molar-refractivity contribution >= 4 is 11.6 Å². The number of non-ortho nitro benzene ring substituents is 1. The van der Waals surface area contributed by atoms with Crippen molar-refractivity contribution in [3.63, 3.8) is 0 Å². The molecule has 1 atom stereocenters. The molecule has 1 unspecified atom stereocenters. The summed E-state index contributed by atoms with van der Waals surface area (Å²) in [6.07, 6.45) is 0.617. The van der Waals surface area contributed by atoms with E-state index in [9.17, 15) is 14.9 Å². The molecule has 104 valence electrons. The molecule has 0 saturated heterocycles. The zero-order valence-corrected chi connectivity index (χ0v) is 11.1. The van der Waals surface area contributed by atoms with Gasteiger partial charge in [-0.2, -0.15) is 0 Å². The summed E-state index contributed by atoms with van der Waals surface area (Å²) in [5.41, 5.74) is 0.704. The Morgan fingerprint density at radius 2 is 2.00 bits per heavy atom. The summed E-state index contributed by atoms with van der Waals surface area (Å²) >= 11 is 0. The van der Waals surface area contributed by atoms with Gasteiger partial charge in [-0.1, -0.05) is 6.92 Å². The molecule has 0 aromatic heterocycles. The molecule has 0 aliphatic heterocycles. The van der Waals surface area contributed by atoms with Crippen LogP contribution in [0.1, 0.15) is 38.5 Å². The summed E-state index contributed by atoms with van der Waals surface area (Å²) in [4.78, 5) is 21.7. The summed E-state index contributed by atoms with van der Waals surface area (Å²) in [6, 6.07) is 5.97. The number of benzene rings is 1. The van der Waals surface area contributed by atoms with Crippen LogP contribution < -0.4 is 5.32 Å². The molecule has 0 radical (unpaired) electrons. The van der Waals surface area contributed by atoms with E-state index in [1.54, 1.807) is 12.1 Å². The van der Waals surface area contributed by atoms with Crippen LogP contribution in [0.5, 0.6) is 0 Å². The maximum atomic E-state index is 11.6. The van der Waals surface area contributed by atoms with Crippen molar-refractivity contribution in [1.29, 1.82) is 0 Å². The first-order valence-corrected chi connectivity index (χ1v) is 6.23. The molecule has 0 heterocycles. The summed E-state index contributed by atoms with van der Waals surface area (Å²) in [6.45, 7) is 4.18. The SMILES string of the molecule is CCCC(=O)NC(OCC)c1ccc([N+](=O)[O-])cc1. The van der Waals surface area contributed by atoms with E-state index in [-0.39, 0.29) is 11.6 Å². The van der Waals surface area contributed by atoms with Gasteiger partial charge in [0.25, 0.3) is 5.69 Å². The fourth-order valence-electron chi connectivity index (χ4n) is 1.60. The second kappa shape index (κ2) is 7.48. The molecule has 0 aliphatic rings. The fourth-order valence-corrected chi connectivity index (χ4v) is 1.60. The molecule has 0 saturated carbocycles. The number of nitrogens with one attached hydrogen (secondary N) is 1. The molecule has 1 aromatic carbocycles. The molecule has 1 amide bonds. The molecule has 0 spiro atoms. The van der Waals surface area contributed by atoms with Crippen LogP contribution in [0, 0.1) is 10.1 Å². The molecular weight excluding hydrogens is 248 g/mol. The maximum Gasteiger partial charge on any atom is 0.269 e. The van der Waals surface area contributed by atoms with Crippen LogP contribution in [0.3, 0.4) is 0 Å². The minimum absolute atomic E-state index is 0.0129. The summed E-state index contributed by atoms with van der Waals surface area (Å²) in [5, 5.41) is 13.3. The Morgan fingerprint density at radius 1 is 1.37 bits per heavy atom. The molecule has 0 fully saturated rings. The van der Waals surface area contributed by atoms with Crippen LogP contribution in [-0.2, 0) is 9.53 Å². The Labute approximate surface area is 111 Å². The topological polar surface area (TPSA) is 81.5 Å². The van der Waals surface area contributed by atoms with Gasteiger partial charge in [-0.25, -0.2) is 0 Å². The third-order valence-electron chi connectivity index (χ3n) is 2.51. The number of hydrogen-bond acceptors (Lipinski definition) is 4. The smallest absolute Gasteiger partial charge is 0.269 e. The number of carbonyl (C=O) groups is 1. The van der Waals surface area contributed by atoms with E-state index < -0.39 is 11.2 Å². The van der Waals surface area contributed by atoms with Crippen molar-refractivity contribution in [3.05, 3.63) is 39.9 Å². The minimum atomic E-state index is -0.565. The quantitative estimate of drug-likeness (QED) is 0.467. The Morgan fingerprint density at radius 3 is 2.47 bits per heavy atom. The van der Waals surface area contributed by atoms with Crippen molar-refractivity contribution in [2.24, 2.45) is 0 Å². The van der Waals surface area contributed by atoms with E-state index in [1.807, 2.05) is 13.8 Å². The van der Waals surface area contributed by atoms with E-state index >= 15 is 0 Å². The van der Waals surface area contributed by atoms with Gasteiger partial charge >= 0.3 is 0 Å². The predicted molar refractivity (Wildman–Crippen MR) is 70.5 cm³/mol. The van der Waals surface area contributed by atoms with Gasteiger partial charge in [0.15, 0.2) is 6.23 Å². The lowest BCUT2D eigenvalue weighted by Gasteiger charge is -2.18. The van der Waals surface area contributed by atoms with Crippen molar-refractivity contribution in [2.45, 2.75) is 32.9 Å². The highest BCUT2D eigenvalue weighted by Crippen LogP contribution is 2.19. The van der Waals surface area contributed by atoms with Gasteiger partial charge < -0.3 is 10.1 Å². The van der Waals surface area contributed by atoms with Gasteiger partial charge in [0.1, 0.15) is 0 Å². The Kier molecular flexibility index (Phi) is 5.95. The van der Waals surface area contributed by atoms with Gasteiger partial charge in [0.2, 0.25) is 5.91 Å². The normalized spacial score (nSPS) is 11.9. The van der Waals surface area contributed by atoms with E-state index in [2.05, 4.69) is 5.32 Å². The number of nitro groups is 1. The first-order chi connectivity index (χ1) is 9.08. The molecule has 1 rings (SSSR count). The molecule has 0 bridgehead atoms. The molecule has 0 aliphatic carbocycles. The van der Waals surface area contributed by atoms with Crippen LogP contribution in [0.15, 0.2) is 24.3 Å².